The number of hydrogen-bond donors (Lipinski definition) is 1. The van der Waals surface area contributed by atoms with E-state index in [4.69, 9.17) is 0 Å². The minimum Gasteiger partial charge on any atom is -0.372 e. The Balaban J connectivity index is 2.04. The molecule has 1 aliphatic rings. The maximum Gasteiger partial charge on any atom is 0.274 e. The van der Waals surface area contributed by atoms with E-state index in [9.17, 15) is 4.79 Å². The maximum absolute atomic E-state index is 12.2. The van der Waals surface area contributed by atoms with E-state index in [1.54, 1.807) is 19.2 Å². The highest BCUT2D eigenvalue weighted by molar-refractivity contribution is 5.92. The third-order valence-corrected chi connectivity index (χ3v) is 3.58. The topological polar surface area (TPSA) is 58.1 Å². The van der Waals surface area contributed by atoms with Gasteiger partial charge in [0.1, 0.15) is 5.82 Å². The van der Waals surface area contributed by atoms with Crippen molar-refractivity contribution in [2.24, 2.45) is 0 Å². The summed E-state index contributed by atoms with van der Waals surface area (Å²) in [6.07, 6.45) is 5.92. The molecule has 0 radical (unpaired) electrons. The quantitative estimate of drug-likeness (QED) is 0.888. The van der Waals surface area contributed by atoms with Gasteiger partial charge in [0.05, 0.1) is 0 Å². The van der Waals surface area contributed by atoms with E-state index in [0.717, 1.165) is 12.8 Å². The van der Waals surface area contributed by atoms with Crippen LogP contribution in [-0.2, 0) is 0 Å². The van der Waals surface area contributed by atoms with Crippen LogP contribution in [0.3, 0.4) is 0 Å². The third-order valence-electron chi connectivity index (χ3n) is 3.58. The van der Waals surface area contributed by atoms with Crippen molar-refractivity contribution in [1.82, 2.24) is 15.1 Å². The molecular weight excluding hydrogens is 228 g/mol. The Morgan fingerprint density at radius 3 is 2.56 bits per heavy atom. The van der Waals surface area contributed by atoms with E-state index in [-0.39, 0.29) is 5.91 Å². The van der Waals surface area contributed by atoms with Gasteiger partial charge in [-0.25, -0.2) is 0 Å². The average Bonchev–Trinajstić information content (AvgIpc) is 2.47. The SMILES string of the molecule is CNc1ccc(C(=O)N(C)C2CCCCC2)nn1. The van der Waals surface area contributed by atoms with Gasteiger partial charge in [0.2, 0.25) is 0 Å². The second kappa shape index (κ2) is 5.80. The molecule has 0 saturated heterocycles. The molecule has 5 heteroatoms. The van der Waals surface area contributed by atoms with Crippen LogP contribution in [0.1, 0.15) is 42.6 Å². The van der Waals surface area contributed by atoms with E-state index >= 15 is 0 Å². The van der Waals surface area contributed by atoms with Gasteiger partial charge in [0, 0.05) is 20.1 Å². The molecular formula is C13H20N4O. The molecule has 1 aromatic rings. The van der Waals surface area contributed by atoms with Crippen molar-refractivity contribution < 1.29 is 4.79 Å². The molecule has 1 saturated carbocycles. The van der Waals surface area contributed by atoms with E-state index in [0.29, 0.717) is 17.6 Å². The van der Waals surface area contributed by atoms with Crippen molar-refractivity contribution in [2.45, 2.75) is 38.1 Å². The summed E-state index contributed by atoms with van der Waals surface area (Å²) in [7, 11) is 3.64. The first kappa shape index (κ1) is 12.8. The lowest BCUT2D eigenvalue weighted by Gasteiger charge is -2.30. The summed E-state index contributed by atoms with van der Waals surface area (Å²) >= 11 is 0. The standard InChI is InChI=1S/C13H20N4O/c1-14-12-9-8-11(15-16-12)13(18)17(2)10-6-4-3-5-7-10/h8-10H,3-7H2,1-2H3,(H,14,16). The van der Waals surface area contributed by atoms with E-state index in [1.165, 1.54) is 19.3 Å². The van der Waals surface area contributed by atoms with Crippen molar-refractivity contribution in [3.63, 3.8) is 0 Å². The number of carbonyl (C=O) groups is 1. The van der Waals surface area contributed by atoms with Gasteiger partial charge in [-0.15, -0.1) is 10.2 Å². The lowest BCUT2D eigenvalue weighted by atomic mass is 9.94. The van der Waals surface area contributed by atoms with Gasteiger partial charge in [-0.05, 0) is 25.0 Å². The molecule has 98 valence electrons. The molecule has 1 heterocycles. The van der Waals surface area contributed by atoms with Gasteiger partial charge >= 0.3 is 0 Å². The van der Waals surface area contributed by atoms with Crippen LogP contribution in [0, 0.1) is 0 Å². The normalized spacial score (nSPS) is 16.3. The Bertz CT molecular complexity index is 398. The first-order valence-corrected chi connectivity index (χ1v) is 6.51. The molecule has 2 rings (SSSR count). The molecule has 0 spiro atoms. The molecule has 18 heavy (non-hydrogen) atoms. The highest BCUT2D eigenvalue weighted by Crippen LogP contribution is 2.22. The van der Waals surface area contributed by atoms with E-state index in [1.807, 2.05) is 11.9 Å². The predicted molar refractivity (Wildman–Crippen MR) is 70.5 cm³/mol. The number of hydrogen-bond acceptors (Lipinski definition) is 4. The second-order valence-corrected chi connectivity index (χ2v) is 4.76. The van der Waals surface area contributed by atoms with Crippen molar-refractivity contribution in [3.8, 4) is 0 Å². The lowest BCUT2D eigenvalue weighted by molar-refractivity contribution is 0.0689. The molecule has 1 aliphatic carbocycles. The molecule has 0 bridgehead atoms. The zero-order valence-electron chi connectivity index (χ0n) is 11.0. The smallest absolute Gasteiger partial charge is 0.274 e. The summed E-state index contributed by atoms with van der Waals surface area (Å²) in [6, 6.07) is 3.85. The first-order chi connectivity index (χ1) is 8.72. The molecule has 1 aromatic heterocycles. The molecule has 5 nitrogen and oxygen atoms in total. The van der Waals surface area contributed by atoms with Crippen LogP contribution in [0.4, 0.5) is 5.82 Å². The van der Waals surface area contributed by atoms with Crippen molar-refractivity contribution in [3.05, 3.63) is 17.8 Å². The van der Waals surface area contributed by atoms with Gasteiger partial charge in [-0.2, -0.15) is 0 Å². The van der Waals surface area contributed by atoms with Gasteiger partial charge in [-0.3, -0.25) is 4.79 Å². The fourth-order valence-corrected chi connectivity index (χ4v) is 2.39. The monoisotopic (exact) mass is 248 g/mol. The van der Waals surface area contributed by atoms with Crippen molar-refractivity contribution in [2.75, 3.05) is 19.4 Å². The average molecular weight is 248 g/mol. The third kappa shape index (κ3) is 2.78. The number of amides is 1. The Hall–Kier alpha value is -1.65. The fourth-order valence-electron chi connectivity index (χ4n) is 2.39. The molecule has 0 unspecified atom stereocenters. The zero-order chi connectivity index (χ0) is 13.0. The van der Waals surface area contributed by atoms with Crippen LogP contribution in [-0.4, -0.2) is 41.1 Å². The second-order valence-electron chi connectivity index (χ2n) is 4.76. The van der Waals surface area contributed by atoms with Crippen LogP contribution in [0.5, 0.6) is 0 Å². The van der Waals surface area contributed by atoms with Crippen molar-refractivity contribution >= 4 is 11.7 Å². The highest BCUT2D eigenvalue weighted by atomic mass is 16.2. The number of carbonyl (C=O) groups excluding carboxylic acids is 1. The number of aromatic nitrogens is 2. The summed E-state index contributed by atoms with van der Waals surface area (Å²) in [5.74, 6) is 0.643. The van der Waals surface area contributed by atoms with Crippen molar-refractivity contribution in [1.29, 1.82) is 0 Å². The minimum absolute atomic E-state index is 0.0305. The molecule has 0 atom stereocenters. The lowest BCUT2D eigenvalue weighted by Crippen LogP contribution is -2.38. The Morgan fingerprint density at radius 1 is 1.28 bits per heavy atom. The minimum atomic E-state index is -0.0305. The van der Waals surface area contributed by atoms with Crippen LogP contribution in [0.2, 0.25) is 0 Å². The zero-order valence-corrected chi connectivity index (χ0v) is 11.0. The van der Waals surface area contributed by atoms with Crippen LogP contribution < -0.4 is 5.32 Å². The number of nitrogens with zero attached hydrogens (tertiary/aromatic N) is 3. The Kier molecular flexibility index (Phi) is 4.12. The maximum atomic E-state index is 12.2. The summed E-state index contributed by atoms with van der Waals surface area (Å²) in [4.78, 5) is 14.1. The van der Waals surface area contributed by atoms with Crippen LogP contribution in [0.25, 0.3) is 0 Å². The first-order valence-electron chi connectivity index (χ1n) is 6.51. The highest BCUT2D eigenvalue weighted by Gasteiger charge is 2.23. The Morgan fingerprint density at radius 2 is 2.00 bits per heavy atom. The number of nitrogens with one attached hydrogen (secondary N) is 1. The molecule has 0 aliphatic heterocycles. The van der Waals surface area contributed by atoms with E-state index < -0.39 is 0 Å². The number of rotatable bonds is 3. The van der Waals surface area contributed by atoms with Crippen LogP contribution in [0.15, 0.2) is 12.1 Å². The molecule has 1 fully saturated rings. The summed E-state index contributed by atoms with van der Waals surface area (Å²) in [5, 5.41) is 10.8. The van der Waals surface area contributed by atoms with E-state index in [2.05, 4.69) is 15.5 Å². The van der Waals surface area contributed by atoms with Gasteiger partial charge < -0.3 is 10.2 Å². The van der Waals surface area contributed by atoms with Gasteiger partial charge in [0.15, 0.2) is 5.69 Å². The van der Waals surface area contributed by atoms with Gasteiger partial charge in [-0.1, -0.05) is 19.3 Å². The summed E-state index contributed by atoms with van der Waals surface area (Å²) < 4.78 is 0. The fraction of sp³-hybridized carbons (Fsp3) is 0.615. The summed E-state index contributed by atoms with van der Waals surface area (Å²) in [6.45, 7) is 0. The predicted octanol–water partition coefficient (Wildman–Crippen LogP) is 1.92. The van der Waals surface area contributed by atoms with Crippen LogP contribution >= 0.6 is 0 Å². The molecule has 1 amide bonds. The summed E-state index contributed by atoms with van der Waals surface area (Å²) in [5.41, 5.74) is 0.419. The molecule has 0 aromatic carbocycles. The Labute approximate surface area is 108 Å². The molecule has 1 N–H and O–H groups in total. The number of anilines is 1. The largest absolute Gasteiger partial charge is 0.372 e. The van der Waals surface area contributed by atoms with Gasteiger partial charge in [0.25, 0.3) is 5.91 Å².